The largest absolute Gasteiger partial charge is 0.495 e. The summed E-state index contributed by atoms with van der Waals surface area (Å²) in [5.41, 5.74) is 2.52. The number of para-hydroxylation sites is 4. The monoisotopic (exact) mass is 377 g/mol. The van der Waals surface area contributed by atoms with E-state index in [1.165, 1.54) is 6.20 Å². The number of carbonyl (C=O) groups is 1. The average molecular weight is 377 g/mol. The van der Waals surface area contributed by atoms with Crippen LogP contribution in [-0.4, -0.2) is 24.1 Å². The third-order valence-electron chi connectivity index (χ3n) is 3.88. The van der Waals surface area contributed by atoms with Gasteiger partial charge in [0.05, 0.1) is 42.0 Å². The molecule has 3 rings (SSSR count). The highest BCUT2D eigenvalue weighted by atomic mass is 16.5. The summed E-state index contributed by atoms with van der Waals surface area (Å²) >= 11 is 0. The van der Waals surface area contributed by atoms with E-state index in [9.17, 15) is 4.79 Å². The number of nitrogens with one attached hydrogen (secondary N) is 2. The first-order chi connectivity index (χ1) is 13.6. The number of hydrogen-bond acceptors (Lipinski definition) is 5. The molecule has 0 aliphatic rings. The molecule has 0 saturated heterocycles. The van der Waals surface area contributed by atoms with Crippen LogP contribution in [0.4, 0.5) is 17.1 Å². The minimum absolute atomic E-state index is 0.0547. The van der Waals surface area contributed by atoms with Crippen molar-refractivity contribution in [1.82, 2.24) is 4.98 Å². The fourth-order valence-corrected chi connectivity index (χ4v) is 2.66. The van der Waals surface area contributed by atoms with Crippen LogP contribution in [0.25, 0.3) is 0 Å². The van der Waals surface area contributed by atoms with Crippen LogP contribution in [0.2, 0.25) is 0 Å². The quantitative estimate of drug-likeness (QED) is 0.614. The molecule has 2 N–H and O–H groups in total. The lowest BCUT2D eigenvalue weighted by atomic mass is 10.2. The Morgan fingerprint density at radius 3 is 2.36 bits per heavy atom. The number of amides is 1. The minimum Gasteiger partial charge on any atom is -0.495 e. The van der Waals surface area contributed by atoms with E-state index in [0.29, 0.717) is 22.7 Å². The smallest absolute Gasteiger partial charge is 0.257 e. The molecule has 2 aromatic carbocycles. The molecule has 0 saturated carbocycles. The summed E-state index contributed by atoms with van der Waals surface area (Å²) in [6, 6.07) is 16.6. The molecule has 6 heteroatoms. The minimum atomic E-state index is -0.271. The van der Waals surface area contributed by atoms with Gasteiger partial charge in [-0.25, -0.2) is 0 Å². The van der Waals surface area contributed by atoms with Crippen molar-refractivity contribution in [2.24, 2.45) is 0 Å². The van der Waals surface area contributed by atoms with Crippen molar-refractivity contribution in [2.75, 3.05) is 17.7 Å². The number of nitrogens with zero attached hydrogens (tertiary/aromatic N) is 1. The number of anilines is 3. The highest BCUT2D eigenvalue weighted by Crippen LogP contribution is 2.28. The number of carbonyl (C=O) groups excluding carboxylic acids is 1. The van der Waals surface area contributed by atoms with Crippen LogP contribution in [-0.2, 0) is 0 Å². The predicted molar refractivity (Wildman–Crippen MR) is 111 cm³/mol. The van der Waals surface area contributed by atoms with E-state index in [1.807, 2.05) is 50.2 Å². The number of aromatic nitrogens is 1. The molecule has 1 amide bonds. The molecule has 1 heterocycles. The number of hydrogen-bond donors (Lipinski definition) is 2. The normalized spacial score (nSPS) is 10.4. The van der Waals surface area contributed by atoms with Gasteiger partial charge in [0.25, 0.3) is 5.91 Å². The van der Waals surface area contributed by atoms with E-state index in [-0.39, 0.29) is 12.0 Å². The van der Waals surface area contributed by atoms with Gasteiger partial charge in [0.1, 0.15) is 11.5 Å². The fourth-order valence-electron chi connectivity index (χ4n) is 2.66. The molecule has 0 fully saturated rings. The second kappa shape index (κ2) is 8.90. The molecule has 144 valence electrons. The van der Waals surface area contributed by atoms with E-state index in [0.717, 1.165) is 11.4 Å². The molecular formula is C22H23N3O3. The van der Waals surface area contributed by atoms with Crippen molar-refractivity contribution in [3.63, 3.8) is 0 Å². The summed E-state index contributed by atoms with van der Waals surface area (Å²) < 4.78 is 11.1. The fraction of sp³-hybridized carbons (Fsp3) is 0.182. The van der Waals surface area contributed by atoms with Gasteiger partial charge in [-0.2, -0.15) is 0 Å². The Morgan fingerprint density at radius 2 is 1.64 bits per heavy atom. The summed E-state index contributed by atoms with van der Waals surface area (Å²) in [6.45, 7) is 3.95. The van der Waals surface area contributed by atoms with Crippen molar-refractivity contribution in [3.8, 4) is 11.5 Å². The Kier molecular flexibility index (Phi) is 6.11. The Bertz CT molecular complexity index is 957. The lowest BCUT2D eigenvalue weighted by Crippen LogP contribution is -2.13. The third kappa shape index (κ3) is 4.79. The summed E-state index contributed by atoms with van der Waals surface area (Å²) in [6.07, 6.45) is 3.23. The zero-order valence-corrected chi connectivity index (χ0v) is 16.1. The van der Waals surface area contributed by atoms with Gasteiger partial charge in [-0.3, -0.25) is 9.78 Å². The summed E-state index contributed by atoms with van der Waals surface area (Å²) in [7, 11) is 1.56. The Morgan fingerprint density at radius 1 is 0.964 bits per heavy atom. The van der Waals surface area contributed by atoms with Crippen LogP contribution in [0.3, 0.4) is 0 Å². The first-order valence-electron chi connectivity index (χ1n) is 8.99. The molecule has 1 aromatic heterocycles. The topological polar surface area (TPSA) is 72.5 Å². The maximum Gasteiger partial charge on any atom is 0.257 e. The van der Waals surface area contributed by atoms with Gasteiger partial charge in [0.2, 0.25) is 0 Å². The van der Waals surface area contributed by atoms with E-state index in [4.69, 9.17) is 9.47 Å². The molecule has 0 aliphatic heterocycles. The molecule has 0 spiro atoms. The molecule has 0 radical (unpaired) electrons. The number of pyridine rings is 1. The summed E-state index contributed by atoms with van der Waals surface area (Å²) in [4.78, 5) is 16.8. The molecule has 0 bridgehead atoms. The van der Waals surface area contributed by atoms with Gasteiger partial charge >= 0.3 is 0 Å². The molecule has 28 heavy (non-hydrogen) atoms. The predicted octanol–water partition coefficient (Wildman–Crippen LogP) is 4.87. The first-order valence-corrected chi connectivity index (χ1v) is 8.99. The number of ether oxygens (including phenoxy) is 2. The van der Waals surface area contributed by atoms with Crippen molar-refractivity contribution in [2.45, 2.75) is 20.0 Å². The van der Waals surface area contributed by atoms with Crippen LogP contribution in [0.1, 0.15) is 24.2 Å². The van der Waals surface area contributed by atoms with Crippen LogP contribution in [0.5, 0.6) is 11.5 Å². The van der Waals surface area contributed by atoms with Crippen LogP contribution >= 0.6 is 0 Å². The zero-order chi connectivity index (χ0) is 19.9. The van der Waals surface area contributed by atoms with E-state index in [1.54, 1.807) is 31.5 Å². The SMILES string of the molecule is COc1ccccc1NC(=O)c1cncc(Nc2ccccc2OC(C)C)c1. The van der Waals surface area contributed by atoms with Gasteiger partial charge in [-0.1, -0.05) is 24.3 Å². The van der Waals surface area contributed by atoms with Gasteiger partial charge in [0, 0.05) is 6.20 Å². The van der Waals surface area contributed by atoms with Crippen LogP contribution < -0.4 is 20.1 Å². The average Bonchev–Trinajstić information content (AvgIpc) is 2.70. The van der Waals surface area contributed by atoms with Gasteiger partial charge < -0.3 is 20.1 Å². The van der Waals surface area contributed by atoms with E-state index in [2.05, 4.69) is 15.6 Å². The first kappa shape index (κ1) is 19.2. The van der Waals surface area contributed by atoms with Crippen molar-refractivity contribution in [3.05, 3.63) is 72.6 Å². The Labute approximate surface area is 164 Å². The molecule has 0 aliphatic carbocycles. The second-order valence-electron chi connectivity index (χ2n) is 6.40. The van der Waals surface area contributed by atoms with E-state index < -0.39 is 0 Å². The summed E-state index contributed by atoms with van der Waals surface area (Å²) in [5, 5.41) is 6.12. The number of rotatable bonds is 7. The summed E-state index contributed by atoms with van der Waals surface area (Å²) in [5.74, 6) is 1.06. The number of benzene rings is 2. The van der Waals surface area contributed by atoms with Crippen LogP contribution in [0.15, 0.2) is 67.0 Å². The highest BCUT2D eigenvalue weighted by Gasteiger charge is 2.11. The molecular weight excluding hydrogens is 354 g/mol. The lowest BCUT2D eigenvalue weighted by molar-refractivity contribution is 0.102. The maximum atomic E-state index is 12.6. The van der Waals surface area contributed by atoms with Gasteiger partial charge in [-0.15, -0.1) is 0 Å². The molecule has 6 nitrogen and oxygen atoms in total. The lowest BCUT2D eigenvalue weighted by Gasteiger charge is -2.15. The van der Waals surface area contributed by atoms with Crippen molar-refractivity contribution >= 4 is 23.0 Å². The number of methoxy groups -OCH3 is 1. The van der Waals surface area contributed by atoms with Gasteiger partial charge in [0.15, 0.2) is 0 Å². The molecule has 0 unspecified atom stereocenters. The Hall–Kier alpha value is -3.54. The van der Waals surface area contributed by atoms with Gasteiger partial charge in [-0.05, 0) is 44.2 Å². The van der Waals surface area contributed by atoms with Crippen molar-refractivity contribution < 1.29 is 14.3 Å². The Balaban J connectivity index is 1.78. The van der Waals surface area contributed by atoms with Crippen molar-refractivity contribution in [1.29, 1.82) is 0 Å². The molecule has 3 aromatic rings. The molecule has 0 atom stereocenters. The second-order valence-corrected chi connectivity index (χ2v) is 6.40. The maximum absolute atomic E-state index is 12.6. The van der Waals surface area contributed by atoms with Crippen LogP contribution in [0, 0.1) is 0 Å². The van der Waals surface area contributed by atoms with E-state index >= 15 is 0 Å². The third-order valence-corrected chi connectivity index (χ3v) is 3.88. The zero-order valence-electron chi connectivity index (χ0n) is 16.1. The standard InChI is InChI=1S/C22H23N3O3/c1-15(2)28-21-11-7-5-9-19(21)24-17-12-16(13-23-14-17)22(26)25-18-8-4-6-10-20(18)27-3/h4-15,24H,1-3H3,(H,25,26). The highest BCUT2D eigenvalue weighted by molar-refractivity contribution is 6.05.